The molecule has 0 radical (unpaired) electrons. The molecule has 0 heterocycles. The number of nitriles is 4. The molecule has 0 aliphatic heterocycles. The molecule has 0 aliphatic carbocycles. The molecule has 0 saturated carbocycles. The average Bonchev–Trinajstić information content (AvgIpc) is 2.45. The molecule has 0 rings (SSSR count). The number of unbranched alkanes of at least 4 members (excludes halogenated alkanes) is 2. The maximum absolute atomic E-state index is 7.13. The van der Waals surface area contributed by atoms with Crippen LogP contribution in [0.4, 0.5) is 0 Å². The zero-order valence-corrected chi connectivity index (χ0v) is 22.0. The van der Waals surface area contributed by atoms with Gasteiger partial charge in [0.25, 0.3) is 0 Å². The van der Waals surface area contributed by atoms with Gasteiger partial charge in [-0.05, 0) is 0 Å². The molecule has 0 spiro atoms. The molecule has 11 heteroatoms. The van der Waals surface area contributed by atoms with E-state index in [4.69, 9.17) is 21.0 Å². The van der Waals surface area contributed by atoms with Gasteiger partial charge in [0.05, 0.1) is 0 Å². The first-order chi connectivity index (χ1) is 10.5. The van der Waals surface area contributed by atoms with Gasteiger partial charge in [0.1, 0.15) is 0 Å². The van der Waals surface area contributed by atoms with Gasteiger partial charge in [-0.25, -0.2) is 21.0 Å². The summed E-state index contributed by atoms with van der Waals surface area (Å²) in [7, 11) is 0. The predicted octanol–water partition coefficient (Wildman–Crippen LogP) is 2.69. The van der Waals surface area contributed by atoms with Gasteiger partial charge in [-0.3, -0.25) is 0 Å². The van der Waals surface area contributed by atoms with Crippen molar-refractivity contribution in [3.05, 3.63) is 0 Å². The van der Waals surface area contributed by atoms with E-state index in [1.807, 2.05) is 0 Å². The van der Waals surface area contributed by atoms with Gasteiger partial charge in [-0.1, -0.05) is 21.6 Å². The molecule has 0 saturated heterocycles. The maximum Gasteiger partial charge on any atom is -0.0797 e. The topological polar surface area (TPSA) is 124 Å². The fourth-order valence-corrected chi connectivity index (χ4v) is 2.37. The molecule has 0 aromatic rings. The Morgan fingerprint density at radius 3 is 0.783 bits per heavy atom. The van der Waals surface area contributed by atoms with Crippen LogP contribution in [0.25, 0.3) is 0 Å². The van der Waals surface area contributed by atoms with Crippen LogP contribution in [0, 0.1) is 42.7 Å². The Balaban J connectivity index is -0.0000000270. The van der Waals surface area contributed by atoms with Gasteiger partial charge in [0.2, 0.25) is 0 Å². The van der Waals surface area contributed by atoms with Gasteiger partial charge < -0.3 is 56.0 Å². The molecular weight excluding hydrogens is 582 g/mol. The molecule has 0 bridgehead atoms. The van der Waals surface area contributed by atoms with Crippen molar-refractivity contribution >= 4 is 95.6 Å². The van der Waals surface area contributed by atoms with Crippen molar-refractivity contribution < 1.29 is 5.48 Å². The van der Waals surface area contributed by atoms with Crippen molar-refractivity contribution in [3.63, 3.8) is 0 Å². The van der Waals surface area contributed by atoms with Crippen molar-refractivity contribution in [3.8, 4) is 21.6 Å². The Bertz CT molecular complexity index is 241. The van der Waals surface area contributed by atoms with Crippen LogP contribution in [-0.4, -0.2) is 45.0 Å². The minimum absolute atomic E-state index is 0. The molecule has 23 heavy (non-hydrogen) atoms. The molecule has 0 aromatic heterocycles. The quantitative estimate of drug-likeness (QED) is 0.275. The van der Waals surface area contributed by atoms with Crippen LogP contribution in [0.5, 0.6) is 0 Å². The van der Waals surface area contributed by atoms with Crippen molar-refractivity contribution in [2.24, 2.45) is 0 Å². The van der Waals surface area contributed by atoms with Gasteiger partial charge >= 0.3 is 93.5 Å². The van der Waals surface area contributed by atoms with E-state index in [9.17, 15) is 0 Å². The summed E-state index contributed by atoms with van der Waals surface area (Å²) in [4.78, 5) is 0. The van der Waals surface area contributed by atoms with E-state index < -0.39 is 0 Å². The van der Waals surface area contributed by atoms with Crippen LogP contribution >= 0.6 is 0 Å². The van der Waals surface area contributed by atoms with Crippen molar-refractivity contribution in [1.82, 2.24) is 0 Å². The van der Waals surface area contributed by atoms with E-state index in [1.165, 1.54) is 56.2 Å². The van der Waals surface area contributed by atoms with Crippen molar-refractivity contribution in [2.45, 2.75) is 48.4 Å². The largest absolute Gasteiger partial charge is 2.00 e. The molecule has 124 valence electrons. The van der Waals surface area contributed by atoms with Crippen LogP contribution in [0.3, 0.4) is 0 Å². The number of thiocyanates is 4. The van der Waals surface area contributed by atoms with Crippen LogP contribution < -0.4 is 0 Å². The third-order valence-corrected chi connectivity index (χ3v) is 3.08. The summed E-state index contributed by atoms with van der Waals surface area (Å²) in [6.45, 7) is 4.45. The van der Waals surface area contributed by atoms with Gasteiger partial charge in [-0.15, -0.1) is 0 Å². The summed E-state index contributed by atoms with van der Waals surface area (Å²) in [6, 6.07) is 0. The number of hydrogen-bond donors (Lipinski definition) is 0. The Kier molecular flexibility index (Phi) is 180. The number of nitrogens with zero attached hydrogens (tertiary/aromatic N) is 4. The van der Waals surface area contributed by atoms with E-state index in [2.05, 4.69) is 64.4 Å². The van der Waals surface area contributed by atoms with Crippen molar-refractivity contribution in [2.75, 3.05) is 0 Å². The molecule has 0 amide bonds. The third-order valence-electron chi connectivity index (χ3n) is 1.06. The summed E-state index contributed by atoms with van der Waals surface area (Å²) in [5.41, 5.74) is 0. The summed E-state index contributed by atoms with van der Waals surface area (Å²) in [5, 5.41) is 33.9. The SMILES string of the molecule is CCC[CH2][Sn+3].CCC[CH2][Sn+3].N#C[S-].N#C[S-].N#C[S-].N#C[S-].[O-2]. The van der Waals surface area contributed by atoms with E-state index in [-0.39, 0.29) is 5.48 Å². The molecule has 0 aromatic carbocycles. The maximum atomic E-state index is 7.13. The van der Waals surface area contributed by atoms with Gasteiger partial charge in [-0.2, -0.15) is 0 Å². The molecule has 5 nitrogen and oxygen atoms in total. The Hall–Kier alpha value is 0.397. The van der Waals surface area contributed by atoms with Crippen LogP contribution in [0.15, 0.2) is 0 Å². The van der Waals surface area contributed by atoms with Crippen LogP contribution in [-0.2, 0) is 56.0 Å². The molecular formula is C12H18N4OS4Sn2. The molecule has 0 aliphatic rings. The van der Waals surface area contributed by atoms with Crippen LogP contribution in [0.2, 0.25) is 8.87 Å². The Morgan fingerprint density at radius 1 is 0.652 bits per heavy atom. The van der Waals surface area contributed by atoms with E-state index in [0.717, 1.165) is 0 Å². The minimum atomic E-state index is 0. The van der Waals surface area contributed by atoms with E-state index >= 15 is 0 Å². The third kappa shape index (κ3) is 482. The van der Waals surface area contributed by atoms with E-state index in [0.29, 0.717) is 0 Å². The second-order valence-corrected chi connectivity index (χ2v) is 6.16. The minimum Gasteiger partial charge on any atom is -2.00 e. The molecule has 0 unspecified atom stereocenters. The van der Waals surface area contributed by atoms with Crippen molar-refractivity contribution in [1.29, 1.82) is 21.0 Å². The second kappa shape index (κ2) is 94.9. The van der Waals surface area contributed by atoms with Gasteiger partial charge in [0, 0.05) is 0 Å². The monoisotopic (exact) mass is 602 g/mol. The smallest absolute Gasteiger partial charge is 0.0797 e. The van der Waals surface area contributed by atoms with Gasteiger partial charge in [0.15, 0.2) is 0 Å². The second-order valence-electron chi connectivity index (χ2n) is 2.57. The molecule has 0 N–H and O–H groups in total. The number of rotatable bonds is 4. The average molecular weight is 600 g/mol. The first kappa shape index (κ1) is 43.7. The van der Waals surface area contributed by atoms with E-state index in [1.54, 1.807) is 45.0 Å². The molecule has 0 atom stereocenters. The summed E-state index contributed by atoms with van der Waals surface area (Å²) in [6.07, 6.45) is 5.59. The Morgan fingerprint density at radius 2 is 0.783 bits per heavy atom. The summed E-state index contributed by atoms with van der Waals surface area (Å²) < 4.78 is 2.87. The first-order valence-corrected chi connectivity index (χ1v) is 11.5. The summed E-state index contributed by atoms with van der Waals surface area (Å²) in [5.74, 6) is 0. The van der Waals surface area contributed by atoms with Crippen LogP contribution in [0.1, 0.15) is 39.5 Å². The summed E-state index contributed by atoms with van der Waals surface area (Å²) >= 11 is 18.2. The standard InChI is InChI=1S/2C4H9.4CHNS.O.2Sn/c2*1-3-4-2;4*2-1-3;;;/h2*1,3-4H2,2H3;4*3H;;;/q;;;;;;-2;2*+3/p-4. The number of hydrogen-bond acceptors (Lipinski definition) is 8. The zero-order chi connectivity index (χ0) is 19.1. The first-order valence-electron chi connectivity index (χ1n) is 5.83. The predicted molar refractivity (Wildman–Crippen MR) is 104 cm³/mol. The zero-order valence-electron chi connectivity index (χ0n) is 13.1. The molecule has 0 fully saturated rings. The normalized spacial score (nSPS) is 4.96. The Labute approximate surface area is 190 Å². The fourth-order valence-electron chi connectivity index (χ4n) is 0.354. The fraction of sp³-hybridized carbons (Fsp3) is 0.667.